The second-order valence-electron chi connectivity index (χ2n) is 10.2. The van der Waals surface area contributed by atoms with Crippen LogP contribution < -0.4 is 15.4 Å². The largest absolute Gasteiger partial charge is 0.494 e. The lowest BCUT2D eigenvalue weighted by molar-refractivity contribution is -0.120. The molecular weight excluding hydrogens is 629 g/mol. The van der Waals surface area contributed by atoms with Gasteiger partial charge in [0.05, 0.1) is 22.7 Å². The molecule has 1 aromatic heterocycles. The number of allylic oxidation sites excluding steroid dienone is 4. The van der Waals surface area contributed by atoms with Gasteiger partial charge in [-0.05, 0) is 85.1 Å². The second kappa shape index (κ2) is 13.6. The molecule has 2 amide bonds. The summed E-state index contributed by atoms with van der Waals surface area (Å²) in [5.74, 6) is -1.47. The summed E-state index contributed by atoms with van der Waals surface area (Å²) in [4.78, 5) is 43.6. The molecule has 1 aliphatic rings. The molecule has 1 saturated heterocycles. The molecule has 1 aliphatic heterocycles. The molecule has 230 valence electrons. The predicted molar refractivity (Wildman–Crippen MR) is 191 cm³/mol. The van der Waals surface area contributed by atoms with Crippen LogP contribution in [0.5, 0.6) is 5.88 Å². The van der Waals surface area contributed by atoms with Gasteiger partial charge >= 0.3 is 0 Å². The van der Waals surface area contributed by atoms with Gasteiger partial charge in [0.2, 0.25) is 5.88 Å². The van der Waals surface area contributed by atoms with E-state index in [9.17, 15) is 19.5 Å². The number of thiocarbonyl (C=S) groups is 1. The first-order valence-electron chi connectivity index (χ1n) is 14.5. The number of anilines is 2. The van der Waals surface area contributed by atoms with Gasteiger partial charge in [0.15, 0.2) is 9.88 Å². The smallest absolute Gasteiger partial charge is 0.270 e. The highest BCUT2D eigenvalue weighted by molar-refractivity contribution is 7.81. The fourth-order valence-corrected chi connectivity index (χ4v) is 5.86. The van der Waals surface area contributed by atoms with E-state index in [0.29, 0.717) is 22.7 Å². The first-order valence-corrected chi connectivity index (χ1v) is 15.3. The lowest BCUT2D eigenvalue weighted by Crippen LogP contribution is -2.57. The van der Waals surface area contributed by atoms with E-state index in [0.717, 1.165) is 0 Å². The van der Waals surface area contributed by atoms with E-state index in [1.807, 2.05) is 24.3 Å². The average molecular weight is 655 g/mol. The zero-order valence-corrected chi connectivity index (χ0v) is 26.3. The van der Waals surface area contributed by atoms with Gasteiger partial charge in [-0.25, -0.2) is 0 Å². The molecule has 1 N–H and O–H groups in total. The van der Waals surface area contributed by atoms with Gasteiger partial charge < -0.3 is 5.11 Å². The molecule has 0 aliphatic carbocycles. The van der Waals surface area contributed by atoms with Crippen LogP contribution in [-0.4, -0.2) is 31.2 Å². The Hall–Kier alpha value is -5.97. The molecule has 47 heavy (non-hydrogen) atoms. The molecule has 2 heterocycles. The van der Waals surface area contributed by atoms with Crippen LogP contribution in [0.1, 0.15) is 5.56 Å². The van der Waals surface area contributed by atoms with Crippen molar-refractivity contribution in [3.05, 3.63) is 172 Å². The molecule has 0 radical (unpaired) electrons. The lowest BCUT2D eigenvalue weighted by Gasteiger charge is -2.36. The monoisotopic (exact) mass is 654 g/mol. The van der Waals surface area contributed by atoms with Gasteiger partial charge in [-0.1, -0.05) is 91.0 Å². The number of aromatic nitrogens is 2. The minimum absolute atomic E-state index is 0.00992. The van der Waals surface area contributed by atoms with Crippen molar-refractivity contribution in [1.82, 2.24) is 9.13 Å². The van der Waals surface area contributed by atoms with Crippen LogP contribution in [-0.2, 0) is 9.59 Å². The Kier molecular flexibility index (Phi) is 8.96. The number of carbonyl (C=O) groups is 2. The predicted octanol–water partition coefficient (Wildman–Crippen LogP) is 6.92. The molecule has 0 atom stereocenters. The summed E-state index contributed by atoms with van der Waals surface area (Å²) < 4.78 is 2.88. The normalized spacial score (nSPS) is 13.6. The number of amides is 2. The number of carbonyl (C=O) groups excluding carboxylic acids is 2. The maximum atomic E-state index is 13.7. The SMILES string of the molecule is O=C1C(=C/C=C/C=C/c2c(O)n(-c3ccccc3)c(=S)n(-c3ccccc3)c2=O)C(=O)N(c2ccccc2)C(=S)N1c1ccccc1. The minimum atomic E-state index is -0.569. The average Bonchev–Trinajstić information content (AvgIpc) is 3.09. The minimum Gasteiger partial charge on any atom is -0.494 e. The van der Waals surface area contributed by atoms with Crippen LogP contribution in [0.2, 0.25) is 0 Å². The van der Waals surface area contributed by atoms with E-state index in [4.69, 9.17) is 24.4 Å². The topological polar surface area (TPSA) is 87.8 Å². The standard InChI is InChI=1S/C37H26N4O4S2/c42-32-30(33(43)39(27-18-8-2-9-19-27)36(46)38(32)26-16-6-1-7-17-26)24-14-5-15-25-31-34(44)40(28-20-10-3-11-21-28)37(47)41(35(31)45)29-22-12-4-13-23-29/h1-25,42H/b15-5+,24-14+. The third-order valence-corrected chi connectivity index (χ3v) is 8.05. The number of aromatic hydroxyl groups is 1. The first kappa shape index (κ1) is 31.0. The summed E-state index contributed by atoms with van der Waals surface area (Å²) in [6.45, 7) is 0. The first-order chi connectivity index (χ1) is 22.9. The summed E-state index contributed by atoms with van der Waals surface area (Å²) in [6.07, 6.45) is 7.46. The van der Waals surface area contributed by atoms with Crippen molar-refractivity contribution in [2.45, 2.75) is 0 Å². The van der Waals surface area contributed by atoms with Gasteiger partial charge in [0, 0.05) is 0 Å². The molecule has 0 saturated carbocycles. The molecule has 10 heteroatoms. The van der Waals surface area contributed by atoms with Crippen molar-refractivity contribution in [3.63, 3.8) is 0 Å². The number of nitrogens with zero attached hydrogens (tertiary/aromatic N) is 4. The van der Waals surface area contributed by atoms with Gasteiger partial charge in [-0.3, -0.25) is 33.3 Å². The van der Waals surface area contributed by atoms with Crippen LogP contribution in [0.4, 0.5) is 11.4 Å². The highest BCUT2D eigenvalue weighted by Crippen LogP contribution is 2.29. The van der Waals surface area contributed by atoms with E-state index >= 15 is 0 Å². The van der Waals surface area contributed by atoms with Crippen molar-refractivity contribution < 1.29 is 14.7 Å². The van der Waals surface area contributed by atoms with Gasteiger partial charge in [0.25, 0.3) is 17.4 Å². The Balaban J connectivity index is 1.39. The van der Waals surface area contributed by atoms with Gasteiger partial charge in [-0.2, -0.15) is 0 Å². The Bertz CT molecular complexity index is 2130. The van der Waals surface area contributed by atoms with E-state index in [2.05, 4.69) is 0 Å². The zero-order valence-electron chi connectivity index (χ0n) is 24.7. The quantitative estimate of drug-likeness (QED) is 0.0887. The van der Waals surface area contributed by atoms with Crippen LogP contribution in [0.3, 0.4) is 0 Å². The van der Waals surface area contributed by atoms with Crippen molar-refractivity contribution in [2.75, 3.05) is 9.80 Å². The fraction of sp³-hybridized carbons (Fsp3) is 0. The summed E-state index contributed by atoms with van der Waals surface area (Å²) in [6, 6.07) is 35.6. The summed E-state index contributed by atoms with van der Waals surface area (Å²) >= 11 is 11.3. The van der Waals surface area contributed by atoms with Crippen LogP contribution >= 0.6 is 24.4 Å². The number of para-hydroxylation sites is 4. The van der Waals surface area contributed by atoms with Crippen molar-refractivity contribution in [2.24, 2.45) is 0 Å². The Morgan fingerprint density at radius 1 is 0.532 bits per heavy atom. The van der Waals surface area contributed by atoms with Gasteiger partial charge in [-0.15, -0.1) is 0 Å². The van der Waals surface area contributed by atoms with Crippen LogP contribution in [0.25, 0.3) is 17.5 Å². The zero-order chi connectivity index (χ0) is 32.9. The summed E-state index contributed by atoms with van der Waals surface area (Å²) in [7, 11) is 0. The maximum absolute atomic E-state index is 13.7. The van der Waals surface area contributed by atoms with E-state index in [1.165, 1.54) is 43.2 Å². The lowest BCUT2D eigenvalue weighted by atomic mass is 10.1. The number of hydrogen-bond donors (Lipinski definition) is 1. The Morgan fingerprint density at radius 2 is 0.957 bits per heavy atom. The van der Waals surface area contributed by atoms with E-state index < -0.39 is 17.4 Å². The highest BCUT2D eigenvalue weighted by atomic mass is 32.1. The van der Waals surface area contributed by atoms with Crippen molar-refractivity contribution in [3.8, 4) is 17.3 Å². The van der Waals surface area contributed by atoms with E-state index in [1.54, 1.807) is 103 Å². The van der Waals surface area contributed by atoms with Gasteiger partial charge in [0.1, 0.15) is 11.1 Å². The Labute approximate surface area is 280 Å². The van der Waals surface area contributed by atoms with Crippen LogP contribution in [0.15, 0.2) is 156 Å². The fourth-order valence-electron chi connectivity index (χ4n) is 5.10. The third kappa shape index (κ3) is 6.02. The molecule has 0 unspecified atom stereocenters. The van der Waals surface area contributed by atoms with Crippen molar-refractivity contribution in [1.29, 1.82) is 0 Å². The molecule has 4 aromatic carbocycles. The maximum Gasteiger partial charge on any atom is 0.270 e. The van der Waals surface area contributed by atoms with Crippen molar-refractivity contribution >= 4 is 58.8 Å². The van der Waals surface area contributed by atoms with Crippen LogP contribution in [0, 0.1) is 4.77 Å². The molecule has 0 spiro atoms. The number of benzene rings is 4. The third-order valence-electron chi connectivity index (χ3n) is 7.32. The number of rotatable bonds is 7. The summed E-state index contributed by atoms with van der Waals surface area (Å²) in [5.41, 5.74) is 1.53. The molecular formula is C37H26N4O4S2. The van der Waals surface area contributed by atoms with E-state index in [-0.39, 0.29) is 26.9 Å². The highest BCUT2D eigenvalue weighted by Gasteiger charge is 2.40. The molecule has 6 rings (SSSR count). The molecule has 1 fully saturated rings. The molecule has 0 bridgehead atoms. The summed E-state index contributed by atoms with van der Waals surface area (Å²) in [5, 5.41) is 11.3. The molecule has 5 aromatic rings. The molecule has 8 nitrogen and oxygen atoms in total. The Morgan fingerprint density at radius 3 is 1.43 bits per heavy atom. The second-order valence-corrected chi connectivity index (χ2v) is 11.0. The number of hydrogen-bond acceptors (Lipinski definition) is 6.